The molecule has 5 aromatic rings. The zero-order chi connectivity index (χ0) is 24.4. The third kappa shape index (κ3) is 4.46. The number of oxazole rings is 1. The monoisotopic (exact) mass is 485 g/mol. The van der Waals surface area contributed by atoms with Crippen molar-refractivity contribution in [2.24, 2.45) is 0 Å². The van der Waals surface area contributed by atoms with Crippen molar-refractivity contribution in [1.29, 1.82) is 0 Å². The topological polar surface area (TPSA) is 119 Å². The van der Waals surface area contributed by atoms with Gasteiger partial charge in [0, 0.05) is 5.39 Å². The van der Waals surface area contributed by atoms with Gasteiger partial charge in [-0.3, -0.25) is 25.2 Å². The molecule has 5 rings (SSSR count). The number of rotatable bonds is 5. The Kier molecular flexibility index (Phi) is 5.94. The summed E-state index contributed by atoms with van der Waals surface area (Å²) in [5.41, 5.74) is 5.34. The number of hydrogen-bond acceptors (Lipinski definition) is 7. The maximum atomic E-state index is 13.0. The van der Waals surface area contributed by atoms with E-state index in [9.17, 15) is 14.4 Å². The molecule has 3 heterocycles. The number of aromatic nitrogens is 3. The molecular weight excluding hydrogens is 466 g/mol. The number of hydrazine groups is 1. The molecule has 2 aromatic carbocycles. The summed E-state index contributed by atoms with van der Waals surface area (Å²) in [7, 11) is 0. The molecule has 3 aromatic heterocycles. The summed E-state index contributed by atoms with van der Waals surface area (Å²) in [5, 5.41) is 6.92. The quantitative estimate of drug-likeness (QED) is 0.368. The van der Waals surface area contributed by atoms with Gasteiger partial charge in [-0.1, -0.05) is 54.6 Å². The van der Waals surface area contributed by atoms with Crippen LogP contribution < -0.4 is 16.4 Å². The first-order valence-corrected chi connectivity index (χ1v) is 11.5. The molecule has 0 fully saturated rings. The van der Waals surface area contributed by atoms with E-state index in [1.54, 1.807) is 31.2 Å². The molecular formula is C25H19N5O4S. The van der Waals surface area contributed by atoms with Crippen LogP contribution in [0, 0.1) is 6.92 Å². The molecule has 0 aliphatic heterocycles. The molecule has 35 heavy (non-hydrogen) atoms. The van der Waals surface area contributed by atoms with Crippen LogP contribution in [0.1, 0.15) is 32.3 Å². The largest absolute Gasteiger partial charge is 0.440 e. The van der Waals surface area contributed by atoms with Gasteiger partial charge in [-0.25, -0.2) is 9.67 Å². The zero-order valence-electron chi connectivity index (χ0n) is 18.5. The number of aryl methyl sites for hydroxylation is 1. The molecule has 0 saturated carbocycles. The van der Waals surface area contributed by atoms with Crippen LogP contribution in [0.4, 0.5) is 0 Å². The number of benzene rings is 2. The molecule has 0 unspecified atom stereocenters. The number of hydrogen-bond donors (Lipinski definition) is 2. The summed E-state index contributed by atoms with van der Waals surface area (Å²) in [6.07, 6.45) is 0. The van der Waals surface area contributed by atoms with E-state index < -0.39 is 11.8 Å². The van der Waals surface area contributed by atoms with Crippen LogP contribution in [-0.2, 0) is 6.54 Å². The summed E-state index contributed by atoms with van der Waals surface area (Å²) in [5.74, 6) is -0.657. The molecule has 0 aliphatic rings. The predicted molar refractivity (Wildman–Crippen MR) is 131 cm³/mol. The Labute approximate surface area is 203 Å². The lowest BCUT2D eigenvalue weighted by Crippen LogP contribution is -2.43. The minimum atomic E-state index is -0.670. The number of carbonyl (C=O) groups excluding carboxylic acids is 2. The van der Waals surface area contributed by atoms with Gasteiger partial charge in [-0.15, -0.1) is 11.3 Å². The van der Waals surface area contributed by atoms with Crippen LogP contribution in [0.15, 0.2) is 81.3 Å². The minimum Gasteiger partial charge on any atom is -0.440 e. The van der Waals surface area contributed by atoms with Crippen LogP contribution in [0.25, 0.3) is 21.5 Å². The third-order valence-corrected chi connectivity index (χ3v) is 6.15. The van der Waals surface area contributed by atoms with E-state index in [0.717, 1.165) is 10.4 Å². The predicted octanol–water partition coefficient (Wildman–Crippen LogP) is 3.54. The number of fused-ring (bicyclic) bond motifs is 1. The molecule has 2 N–H and O–H groups in total. The van der Waals surface area contributed by atoms with Crippen LogP contribution in [0.2, 0.25) is 0 Å². The maximum Gasteiger partial charge on any atom is 0.291 e. The minimum absolute atomic E-state index is 0.00702. The smallest absolute Gasteiger partial charge is 0.291 e. The summed E-state index contributed by atoms with van der Waals surface area (Å²) in [4.78, 5) is 43.7. The highest BCUT2D eigenvalue weighted by Gasteiger charge is 2.21. The normalized spacial score (nSPS) is 10.9. The average Bonchev–Trinajstić information content (AvgIpc) is 3.55. The van der Waals surface area contributed by atoms with Crippen molar-refractivity contribution >= 4 is 33.9 Å². The fourth-order valence-corrected chi connectivity index (χ4v) is 4.26. The first-order valence-electron chi connectivity index (χ1n) is 10.7. The summed E-state index contributed by atoms with van der Waals surface area (Å²) in [6, 6.07) is 19.7. The summed E-state index contributed by atoms with van der Waals surface area (Å²) < 4.78 is 6.83. The molecule has 0 atom stereocenters. The number of amides is 2. The molecule has 10 heteroatoms. The van der Waals surface area contributed by atoms with Crippen molar-refractivity contribution in [2.75, 3.05) is 0 Å². The van der Waals surface area contributed by atoms with Crippen molar-refractivity contribution in [3.05, 3.63) is 105 Å². The Morgan fingerprint density at radius 1 is 0.914 bits per heavy atom. The van der Waals surface area contributed by atoms with E-state index in [0.29, 0.717) is 22.4 Å². The van der Waals surface area contributed by atoms with Crippen LogP contribution >= 0.6 is 11.3 Å². The van der Waals surface area contributed by atoms with Gasteiger partial charge in [-0.2, -0.15) is 5.10 Å². The van der Waals surface area contributed by atoms with Gasteiger partial charge < -0.3 is 4.42 Å². The summed E-state index contributed by atoms with van der Waals surface area (Å²) >= 11 is 1.44. The van der Waals surface area contributed by atoms with Gasteiger partial charge in [0.2, 0.25) is 5.89 Å². The number of nitrogens with one attached hydrogen (secondary N) is 2. The standard InChI is InChI=1S/C25H19N5O4S/c1-15-20(26-24(34-15)19-12-7-13-35-19)22(31)27-28-23(32)21-17-10-5-6-11-18(17)25(33)30(29-21)14-16-8-3-2-4-9-16/h2-13H,14H2,1H3,(H,27,31)(H,28,32). The van der Waals surface area contributed by atoms with Crippen LogP contribution in [0.3, 0.4) is 0 Å². The second kappa shape index (κ2) is 9.35. The molecule has 2 amide bonds. The highest BCUT2D eigenvalue weighted by molar-refractivity contribution is 7.13. The van der Waals surface area contributed by atoms with E-state index in [1.807, 2.05) is 47.8 Å². The molecule has 0 saturated heterocycles. The van der Waals surface area contributed by atoms with E-state index in [2.05, 4.69) is 20.9 Å². The van der Waals surface area contributed by atoms with Gasteiger partial charge >= 0.3 is 0 Å². The summed E-state index contributed by atoms with van der Waals surface area (Å²) in [6.45, 7) is 1.82. The Morgan fingerprint density at radius 2 is 1.60 bits per heavy atom. The van der Waals surface area contributed by atoms with E-state index in [4.69, 9.17) is 4.42 Å². The van der Waals surface area contributed by atoms with Crippen molar-refractivity contribution in [2.45, 2.75) is 13.5 Å². The van der Waals surface area contributed by atoms with Gasteiger partial charge in [0.1, 0.15) is 5.76 Å². The highest BCUT2D eigenvalue weighted by atomic mass is 32.1. The maximum absolute atomic E-state index is 13.0. The number of thiophene rings is 1. The first kappa shape index (κ1) is 22.2. The molecule has 174 valence electrons. The lowest BCUT2D eigenvalue weighted by atomic mass is 10.1. The van der Waals surface area contributed by atoms with Gasteiger partial charge in [-0.05, 0) is 30.0 Å². The molecule has 0 aliphatic carbocycles. The van der Waals surface area contributed by atoms with Crippen molar-refractivity contribution in [3.63, 3.8) is 0 Å². The van der Waals surface area contributed by atoms with Crippen molar-refractivity contribution in [3.8, 4) is 10.8 Å². The second-order valence-corrected chi connectivity index (χ2v) is 8.60. The fourth-order valence-electron chi connectivity index (χ4n) is 3.61. The molecule has 0 radical (unpaired) electrons. The lowest BCUT2D eigenvalue weighted by Gasteiger charge is -2.12. The average molecular weight is 486 g/mol. The van der Waals surface area contributed by atoms with Crippen molar-refractivity contribution < 1.29 is 14.0 Å². The Bertz CT molecular complexity index is 1590. The van der Waals surface area contributed by atoms with Gasteiger partial charge in [0.05, 0.1) is 16.8 Å². The molecule has 9 nitrogen and oxygen atoms in total. The Hall–Kier alpha value is -4.57. The van der Waals surface area contributed by atoms with Gasteiger partial charge in [0.15, 0.2) is 11.4 Å². The fraction of sp³-hybridized carbons (Fsp3) is 0.0800. The number of nitrogens with zero attached hydrogens (tertiary/aromatic N) is 3. The van der Waals surface area contributed by atoms with E-state index in [-0.39, 0.29) is 23.5 Å². The van der Waals surface area contributed by atoms with E-state index in [1.165, 1.54) is 16.0 Å². The zero-order valence-corrected chi connectivity index (χ0v) is 19.3. The Morgan fingerprint density at radius 3 is 2.31 bits per heavy atom. The Balaban J connectivity index is 1.40. The van der Waals surface area contributed by atoms with Crippen molar-refractivity contribution in [1.82, 2.24) is 25.6 Å². The van der Waals surface area contributed by atoms with Crippen LogP contribution in [-0.4, -0.2) is 26.6 Å². The van der Waals surface area contributed by atoms with E-state index >= 15 is 0 Å². The molecule has 0 bridgehead atoms. The SMILES string of the molecule is Cc1oc(-c2cccs2)nc1C(=O)NNC(=O)c1nn(Cc2ccccc2)c(=O)c2ccccc12. The van der Waals surface area contributed by atoms with Crippen LogP contribution in [0.5, 0.6) is 0 Å². The molecule has 0 spiro atoms. The van der Waals surface area contributed by atoms with Gasteiger partial charge in [0.25, 0.3) is 17.4 Å². The third-order valence-electron chi connectivity index (χ3n) is 5.29. The second-order valence-electron chi connectivity index (χ2n) is 7.65. The highest BCUT2D eigenvalue weighted by Crippen LogP contribution is 2.25. The number of carbonyl (C=O) groups is 2. The first-order chi connectivity index (χ1) is 17.0. The lowest BCUT2D eigenvalue weighted by molar-refractivity contribution is 0.0840.